The third-order valence-corrected chi connectivity index (χ3v) is 2.30. The zero-order chi connectivity index (χ0) is 11.3. The fraction of sp³-hybridized carbons (Fsp3) is 0.778. The molecule has 0 unspecified atom stereocenters. The SMILES string of the molecule is CCOC(=O)CN1CCN(C(=O)O)CC1. The number of esters is 1. The molecule has 0 saturated carbocycles. The van der Waals surface area contributed by atoms with Gasteiger partial charge in [-0.05, 0) is 6.92 Å². The Kier molecular flexibility index (Phi) is 4.36. The van der Waals surface area contributed by atoms with Crippen LogP contribution in [0.5, 0.6) is 0 Å². The lowest BCUT2D eigenvalue weighted by molar-refractivity contribution is -0.144. The zero-order valence-corrected chi connectivity index (χ0v) is 8.81. The fourth-order valence-corrected chi connectivity index (χ4v) is 1.49. The maximum Gasteiger partial charge on any atom is 0.407 e. The molecule has 1 heterocycles. The van der Waals surface area contributed by atoms with Crippen LogP contribution in [-0.2, 0) is 9.53 Å². The molecule has 0 spiro atoms. The van der Waals surface area contributed by atoms with Crippen molar-refractivity contribution in [3.05, 3.63) is 0 Å². The molecule has 15 heavy (non-hydrogen) atoms. The average Bonchev–Trinajstić information content (AvgIpc) is 2.18. The second-order valence-electron chi connectivity index (χ2n) is 3.35. The molecule has 0 aromatic rings. The fourth-order valence-electron chi connectivity index (χ4n) is 1.49. The molecule has 0 aliphatic carbocycles. The van der Waals surface area contributed by atoms with Gasteiger partial charge >= 0.3 is 12.1 Å². The number of nitrogens with zero attached hydrogens (tertiary/aromatic N) is 2. The highest BCUT2D eigenvalue weighted by Crippen LogP contribution is 2.01. The summed E-state index contributed by atoms with van der Waals surface area (Å²) in [5.74, 6) is -0.249. The molecule has 1 saturated heterocycles. The van der Waals surface area contributed by atoms with Crippen molar-refractivity contribution < 1.29 is 19.4 Å². The molecule has 0 atom stereocenters. The molecule has 1 fully saturated rings. The third-order valence-electron chi connectivity index (χ3n) is 2.30. The van der Waals surface area contributed by atoms with E-state index in [1.54, 1.807) is 6.92 Å². The Morgan fingerprint density at radius 1 is 1.27 bits per heavy atom. The number of carboxylic acid groups (broad SMARTS) is 1. The van der Waals surface area contributed by atoms with Crippen LogP contribution in [0.1, 0.15) is 6.92 Å². The number of piperazine rings is 1. The molecule has 1 N–H and O–H groups in total. The van der Waals surface area contributed by atoms with Gasteiger partial charge in [-0.3, -0.25) is 9.69 Å². The molecule has 1 rings (SSSR count). The van der Waals surface area contributed by atoms with Crippen molar-refractivity contribution in [2.45, 2.75) is 6.92 Å². The van der Waals surface area contributed by atoms with E-state index in [9.17, 15) is 9.59 Å². The lowest BCUT2D eigenvalue weighted by Gasteiger charge is -2.32. The minimum Gasteiger partial charge on any atom is -0.465 e. The van der Waals surface area contributed by atoms with E-state index in [1.165, 1.54) is 4.90 Å². The van der Waals surface area contributed by atoms with Crippen LogP contribution in [0.15, 0.2) is 0 Å². The quantitative estimate of drug-likeness (QED) is 0.664. The molecule has 1 amide bonds. The standard InChI is InChI=1S/C9H16N2O4/c1-2-15-8(12)7-10-3-5-11(6-4-10)9(13)14/h2-7H2,1H3,(H,13,14). The van der Waals surface area contributed by atoms with E-state index in [2.05, 4.69) is 0 Å². The Morgan fingerprint density at radius 2 is 1.87 bits per heavy atom. The summed E-state index contributed by atoms with van der Waals surface area (Å²) >= 11 is 0. The van der Waals surface area contributed by atoms with Crippen molar-refractivity contribution in [3.8, 4) is 0 Å². The van der Waals surface area contributed by atoms with Gasteiger partial charge in [0.25, 0.3) is 0 Å². The van der Waals surface area contributed by atoms with E-state index >= 15 is 0 Å². The monoisotopic (exact) mass is 216 g/mol. The van der Waals surface area contributed by atoms with Gasteiger partial charge in [-0.15, -0.1) is 0 Å². The molecule has 0 radical (unpaired) electrons. The van der Waals surface area contributed by atoms with E-state index in [4.69, 9.17) is 9.84 Å². The second kappa shape index (κ2) is 5.55. The van der Waals surface area contributed by atoms with Gasteiger partial charge in [0.15, 0.2) is 0 Å². The van der Waals surface area contributed by atoms with E-state index in [0.29, 0.717) is 32.8 Å². The number of ether oxygens (including phenoxy) is 1. The molecule has 1 aliphatic heterocycles. The van der Waals surface area contributed by atoms with E-state index in [0.717, 1.165) is 0 Å². The van der Waals surface area contributed by atoms with Crippen molar-refractivity contribution in [2.75, 3.05) is 39.3 Å². The van der Waals surface area contributed by atoms with Crippen LogP contribution in [-0.4, -0.2) is 66.3 Å². The second-order valence-corrected chi connectivity index (χ2v) is 3.35. The van der Waals surface area contributed by atoms with E-state index in [-0.39, 0.29) is 12.5 Å². The first-order valence-electron chi connectivity index (χ1n) is 4.99. The van der Waals surface area contributed by atoms with Crippen molar-refractivity contribution >= 4 is 12.1 Å². The molecular formula is C9H16N2O4. The van der Waals surface area contributed by atoms with Gasteiger partial charge in [-0.2, -0.15) is 0 Å². The van der Waals surface area contributed by atoms with Crippen LogP contribution in [0, 0.1) is 0 Å². The summed E-state index contributed by atoms with van der Waals surface area (Å²) in [5, 5.41) is 8.71. The van der Waals surface area contributed by atoms with Crippen molar-refractivity contribution in [3.63, 3.8) is 0 Å². The summed E-state index contributed by atoms with van der Waals surface area (Å²) in [6.07, 6.45) is -0.897. The van der Waals surface area contributed by atoms with Gasteiger partial charge in [0.1, 0.15) is 0 Å². The first-order valence-corrected chi connectivity index (χ1v) is 4.99. The lowest BCUT2D eigenvalue weighted by atomic mass is 10.3. The smallest absolute Gasteiger partial charge is 0.407 e. The largest absolute Gasteiger partial charge is 0.465 e. The first-order chi connectivity index (χ1) is 7.13. The van der Waals surface area contributed by atoms with Gasteiger partial charge < -0.3 is 14.7 Å². The number of carbonyl (C=O) groups is 2. The first kappa shape index (κ1) is 11.8. The summed E-state index contributed by atoms with van der Waals surface area (Å²) in [5.41, 5.74) is 0. The highest BCUT2D eigenvalue weighted by Gasteiger charge is 2.21. The maximum atomic E-state index is 11.1. The molecule has 6 heteroatoms. The van der Waals surface area contributed by atoms with Gasteiger partial charge in [0.2, 0.25) is 0 Å². The van der Waals surface area contributed by atoms with Crippen molar-refractivity contribution in [1.82, 2.24) is 9.80 Å². The van der Waals surface area contributed by atoms with Crippen LogP contribution < -0.4 is 0 Å². The number of carbonyl (C=O) groups excluding carboxylic acids is 1. The third kappa shape index (κ3) is 3.75. The number of rotatable bonds is 3. The van der Waals surface area contributed by atoms with Crippen molar-refractivity contribution in [2.24, 2.45) is 0 Å². The normalized spacial score (nSPS) is 17.5. The van der Waals surface area contributed by atoms with Crippen LogP contribution in [0.3, 0.4) is 0 Å². The molecular weight excluding hydrogens is 200 g/mol. The molecule has 0 aromatic carbocycles. The van der Waals surface area contributed by atoms with Crippen LogP contribution >= 0.6 is 0 Å². The van der Waals surface area contributed by atoms with E-state index < -0.39 is 6.09 Å². The highest BCUT2D eigenvalue weighted by molar-refractivity contribution is 5.71. The van der Waals surface area contributed by atoms with Gasteiger partial charge in [-0.25, -0.2) is 4.79 Å². The van der Waals surface area contributed by atoms with Crippen LogP contribution in [0.25, 0.3) is 0 Å². The Bertz CT molecular complexity index is 236. The van der Waals surface area contributed by atoms with Crippen LogP contribution in [0.4, 0.5) is 4.79 Å². The average molecular weight is 216 g/mol. The topological polar surface area (TPSA) is 70.1 Å². The predicted octanol–water partition coefficient (Wildman–Crippen LogP) is -0.155. The number of hydrogen-bond acceptors (Lipinski definition) is 4. The van der Waals surface area contributed by atoms with Crippen LogP contribution in [0.2, 0.25) is 0 Å². The summed E-state index contributed by atoms with van der Waals surface area (Å²) < 4.78 is 4.81. The lowest BCUT2D eigenvalue weighted by Crippen LogP contribution is -2.49. The molecule has 6 nitrogen and oxygen atoms in total. The van der Waals surface area contributed by atoms with Crippen molar-refractivity contribution in [1.29, 1.82) is 0 Å². The zero-order valence-electron chi connectivity index (χ0n) is 8.81. The predicted molar refractivity (Wildman–Crippen MR) is 52.7 cm³/mol. The van der Waals surface area contributed by atoms with E-state index in [1.807, 2.05) is 4.90 Å². The number of hydrogen-bond donors (Lipinski definition) is 1. The Labute approximate surface area is 88.4 Å². The maximum absolute atomic E-state index is 11.1. The molecule has 86 valence electrons. The Hall–Kier alpha value is -1.30. The molecule has 0 aromatic heterocycles. The van der Waals surface area contributed by atoms with Gasteiger partial charge in [0, 0.05) is 26.2 Å². The number of amides is 1. The summed E-state index contributed by atoms with van der Waals surface area (Å²) in [6.45, 7) is 4.48. The Morgan fingerprint density at radius 3 is 2.33 bits per heavy atom. The minimum atomic E-state index is -0.897. The van der Waals surface area contributed by atoms with Gasteiger partial charge in [-0.1, -0.05) is 0 Å². The Balaban J connectivity index is 2.25. The minimum absolute atomic E-state index is 0.249. The van der Waals surface area contributed by atoms with Gasteiger partial charge in [0.05, 0.1) is 13.2 Å². The summed E-state index contributed by atoms with van der Waals surface area (Å²) in [4.78, 5) is 25.0. The summed E-state index contributed by atoms with van der Waals surface area (Å²) in [6, 6.07) is 0. The summed E-state index contributed by atoms with van der Waals surface area (Å²) in [7, 11) is 0. The highest BCUT2D eigenvalue weighted by atomic mass is 16.5. The molecule has 0 bridgehead atoms. The molecule has 1 aliphatic rings.